The molecule has 0 radical (unpaired) electrons. The molecule has 0 N–H and O–H groups in total. The molecule has 18 heavy (non-hydrogen) atoms. The molecule has 2 aromatic rings. The molecule has 0 fully saturated rings. The van der Waals surface area contributed by atoms with Gasteiger partial charge in [0.05, 0.1) is 6.20 Å². The lowest BCUT2D eigenvalue weighted by Gasteiger charge is -2.04. The standard InChI is InChI=1S/C15H19IN2/c1-12(2)5-4-8-18-11-14(10-17-18)13-6-3-7-15(16)9-13/h3,6-7,9-12H,4-5,8H2,1-2H3. The topological polar surface area (TPSA) is 17.8 Å². The Labute approximate surface area is 123 Å². The zero-order chi connectivity index (χ0) is 13.0. The van der Waals surface area contributed by atoms with E-state index in [1.807, 2.05) is 6.20 Å². The molecule has 0 aliphatic rings. The molecule has 0 amide bonds. The van der Waals surface area contributed by atoms with Crippen LogP contribution in [0.1, 0.15) is 26.7 Å². The third-order valence-corrected chi connectivity index (χ3v) is 3.63. The first-order valence-corrected chi connectivity index (χ1v) is 7.51. The van der Waals surface area contributed by atoms with E-state index in [-0.39, 0.29) is 0 Å². The smallest absolute Gasteiger partial charge is 0.0568 e. The van der Waals surface area contributed by atoms with Gasteiger partial charge in [0.2, 0.25) is 0 Å². The maximum Gasteiger partial charge on any atom is 0.0568 e. The van der Waals surface area contributed by atoms with E-state index in [9.17, 15) is 0 Å². The normalized spacial score (nSPS) is 11.1. The lowest BCUT2D eigenvalue weighted by Crippen LogP contribution is -1.99. The monoisotopic (exact) mass is 354 g/mol. The van der Waals surface area contributed by atoms with Crippen LogP contribution in [-0.2, 0) is 6.54 Å². The quantitative estimate of drug-likeness (QED) is 0.718. The molecule has 2 rings (SSSR count). The Hall–Kier alpha value is -0.840. The minimum atomic E-state index is 0.774. The maximum atomic E-state index is 4.43. The van der Waals surface area contributed by atoms with Crippen LogP contribution in [0.4, 0.5) is 0 Å². The molecule has 0 saturated carbocycles. The average Bonchev–Trinajstić information content (AvgIpc) is 2.77. The van der Waals surface area contributed by atoms with Crippen LogP contribution in [0.3, 0.4) is 0 Å². The van der Waals surface area contributed by atoms with Gasteiger partial charge in [0, 0.05) is 21.9 Å². The van der Waals surface area contributed by atoms with Crippen molar-refractivity contribution in [3.63, 3.8) is 0 Å². The van der Waals surface area contributed by atoms with Crippen LogP contribution in [0.25, 0.3) is 11.1 Å². The van der Waals surface area contributed by atoms with Gasteiger partial charge in [0.1, 0.15) is 0 Å². The molecule has 1 heterocycles. The largest absolute Gasteiger partial charge is 0.272 e. The summed E-state index contributed by atoms with van der Waals surface area (Å²) >= 11 is 2.34. The molecule has 3 heteroatoms. The number of rotatable bonds is 5. The first-order valence-electron chi connectivity index (χ1n) is 6.43. The predicted molar refractivity (Wildman–Crippen MR) is 84.5 cm³/mol. The summed E-state index contributed by atoms with van der Waals surface area (Å²) in [6.45, 7) is 5.54. The van der Waals surface area contributed by atoms with Crippen LogP contribution in [0.2, 0.25) is 0 Å². The van der Waals surface area contributed by atoms with Crippen molar-refractivity contribution in [1.82, 2.24) is 9.78 Å². The molecule has 0 saturated heterocycles. The summed E-state index contributed by atoms with van der Waals surface area (Å²) in [5.41, 5.74) is 2.45. The molecule has 0 atom stereocenters. The van der Waals surface area contributed by atoms with E-state index >= 15 is 0 Å². The Morgan fingerprint density at radius 1 is 1.28 bits per heavy atom. The second-order valence-electron chi connectivity index (χ2n) is 5.04. The van der Waals surface area contributed by atoms with Gasteiger partial charge in [-0.05, 0) is 59.0 Å². The highest BCUT2D eigenvalue weighted by atomic mass is 127. The number of aromatic nitrogens is 2. The van der Waals surface area contributed by atoms with Crippen molar-refractivity contribution >= 4 is 22.6 Å². The molecule has 0 spiro atoms. The Balaban J connectivity index is 2.02. The van der Waals surface area contributed by atoms with Crippen LogP contribution in [-0.4, -0.2) is 9.78 Å². The van der Waals surface area contributed by atoms with E-state index in [0.29, 0.717) is 0 Å². The van der Waals surface area contributed by atoms with Gasteiger partial charge < -0.3 is 0 Å². The van der Waals surface area contributed by atoms with Crippen molar-refractivity contribution in [2.24, 2.45) is 5.92 Å². The molecule has 2 nitrogen and oxygen atoms in total. The first-order chi connectivity index (χ1) is 8.65. The van der Waals surface area contributed by atoms with Crippen LogP contribution in [0.15, 0.2) is 36.7 Å². The summed E-state index contributed by atoms with van der Waals surface area (Å²) in [5.74, 6) is 0.774. The Bertz CT molecular complexity index is 503. The number of hydrogen-bond donors (Lipinski definition) is 0. The van der Waals surface area contributed by atoms with Gasteiger partial charge in [-0.3, -0.25) is 4.68 Å². The summed E-state index contributed by atoms with van der Waals surface area (Å²) in [7, 11) is 0. The van der Waals surface area contributed by atoms with E-state index in [1.54, 1.807) is 0 Å². The fourth-order valence-corrected chi connectivity index (χ4v) is 2.51. The highest BCUT2D eigenvalue weighted by Crippen LogP contribution is 2.20. The van der Waals surface area contributed by atoms with Crippen molar-refractivity contribution in [3.8, 4) is 11.1 Å². The zero-order valence-electron chi connectivity index (χ0n) is 10.9. The van der Waals surface area contributed by atoms with Crippen molar-refractivity contribution in [1.29, 1.82) is 0 Å². The number of halogens is 1. The van der Waals surface area contributed by atoms with Crippen molar-refractivity contribution in [3.05, 3.63) is 40.2 Å². The summed E-state index contributed by atoms with van der Waals surface area (Å²) in [6.07, 6.45) is 6.57. The highest BCUT2D eigenvalue weighted by Gasteiger charge is 2.02. The molecule has 1 aromatic carbocycles. The van der Waals surface area contributed by atoms with Gasteiger partial charge in [-0.2, -0.15) is 5.10 Å². The minimum absolute atomic E-state index is 0.774. The number of benzene rings is 1. The van der Waals surface area contributed by atoms with E-state index in [2.05, 4.69) is 76.7 Å². The molecular weight excluding hydrogens is 335 g/mol. The first kappa shape index (κ1) is 13.6. The lowest BCUT2D eigenvalue weighted by molar-refractivity contribution is 0.490. The lowest BCUT2D eigenvalue weighted by atomic mass is 10.1. The molecule has 96 valence electrons. The second-order valence-corrected chi connectivity index (χ2v) is 6.28. The minimum Gasteiger partial charge on any atom is -0.272 e. The number of aryl methyl sites for hydroxylation is 1. The van der Waals surface area contributed by atoms with E-state index in [1.165, 1.54) is 27.5 Å². The van der Waals surface area contributed by atoms with Crippen LogP contribution in [0.5, 0.6) is 0 Å². The molecule has 1 aromatic heterocycles. The summed E-state index contributed by atoms with van der Waals surface area (Å²) in [6, 6.07) is 8.53. The second kappa shape index (κ2) is 6.36. The molecule has 0 aliphatic carbocycles. The Morgan fingerprint density at radius 3 is 2.83 bits per heavy atom. The van der Waals surface area contributed by atoms with Crippen LogP contribution in [0, 0.1) is 9.49 Å². The van der Waals surface area contributed by atoms with Gasteiger partial charge in [0.15, 0.2) is 0 Å². The Morgan fingerprint density at radius 2 is 2.11 bits per heavy atom. The molecule has 0 aliphatic heterocycles. The van der Waals surface area contributed by atoms with Crippen molar-refractivity contribution in [2.75, 3.05) is 0 Å². The number of nitrogens with zero attached hydrogens (tertiary/aromatic N) is 2. The van der Waals surface area contributed by atoms with Gasteiger partial charge >= 0.3 is 0 Å². The average molecular weight is 354 g/mol. The summed E-state index contributed by atoms with van der Waals surface area (Å²) in [4.78, 5) is 0. The van der Waals surface area contributed by atoms with Crippen molar-refractivity contribution < 1.29 is 0 Å². The van der Waals surface area contributed by atoms with Crippen LogP contribution >= 0.6 is 22.6 Å². The van der Waals surface area contributed by atoms with E-state index < -0.39 is 0 Å². The molecular formula is C15H19IN2. The van der Waals surface area contributed by atoms with Crippen molar-refractivity contribution in [2.45, 2.75) is 33.2 Å². The Kier molecular flexibility index (Phi) is 4.80. The van der Waals surface area contributed by atoms with E-state index in [0.717, 1.165) is 12.5 Å². The summed E-state index contributed by atoms with van der Waals surface area (Å²) < 4.78 is 3.31. The summed E-state index contributed by atoms with van der Waals surface area (Å²) in [5, 5.41) is 4.43. The zero-order valence-corrected chi connectivity index (χ0v) is 13.1. The predicted octanol–water partition coefficient (Wildman–Crippen LogP) is 4.59. The highest BCUT2D eigenvalue weighted by molar-refractivity contribution is 14.1. The molecule has 0 bridgehead atoms. The fraction of sp³-hybridized carbons (Fsp3) is 0.400. The van der Waals surface area contributed by atoms with Gasteiger partial charge in [0.25, 0.3) is 0 Å². The molecule has 0 unspecified atom stereocenters. The SMILES string of the molecule is CC(C)CCCn1cc(-c2cccc(I)c2)cn1. The van der Waals surface area contributed by atoms with Gasteiger partial charge in [-0.15, -0.1) is 0 Å². The third kappa shape index (κ3) is 3.83. The van der Waals surface area contributed by atoms with Gasteiger partial charge in [-0.1, -0.05) is 26.0 Å². The van der Waals surface area contributed by atoms with Crippen LogP contribution < -0.4 is 0 Å². The van der Waals surface area contributed by atoms with E-state index in [4.69, 9.17) is 0 Å². The van der Waals surface area contributed by atoms with Gasteiger partial charge in [-0.25, -0.2) is 0 Å². The third-order valence-electron chi connectivity index (χ3n) is 2.96. The fourth-order valence-electron chi connectivity index (χ4n) is 1.96. The number of hydrogen-bond acceptors (Lipinski definition) is 1. The maximum absolute atomic E-state index is 4.43.